The molecule has 3 rings (SSSR count). The molecule has 0 fully saturated rings. The molecule has 2 heterocycles. The Labute approximate surface area is 120 Å². The molecule has 0 aliphatic carbocycles. The number of ether oxygens (including phenoxy) is 1. The van der Waals surface area contributed by atoms with E-state index in [-0.39, 0.29) is 0 Å². The Morgan fingerprint density at radius 2 is 2.00 bits per heavy atom. The Morgan fingerprint density at radius 3 is 2.70 bits per heavy atom. The third-order valence-electron chi connectivity index (χ3n) is 2.91. The van der Waals surface area contributed by atoms with E-state index in [1.54, 1.807) is 18.4 Å². The van der Waals surface area contributed by atoms with Crippen molar-refractivity contribution < 1.29 is 4.74 Å². The van der Waals surface area contributed by atoms with E-state index in [4.69, 9.17) is 4.74 Å². The molecule has 1 aromatic carbocycles. The van der Waals surface area contributed by atoms with Crippen LogP contribution in [0.15, 0.2) is 30.6 Å². The van der Waals surface area contributed by atoms with Crippen molar-refractivity contribution in [2.45, 2.75) is 6.61 Å². The monoisotopic (exact) mass is 286 g/mol. The minimum Gasteiger partial charge on any atom is -0.377 e. The lowest BCUT2D eigenvalue weighted by atomic mass is 10.1. The molecule has 20 heavy (non-hydrogen) atoms. The zero-order valence-electron chi connectivity index (χ0n) is 11.3. The maximum atomic E-state index is 5.01. The summed E-state index contributed by atoms with van der Waals surface area (Å²) >= 11 is 1.63. The Balaban J connectivity index is 1.96. The first-order valence-corrected chi connectivity index (χ1v) is 7.00. The highest BCUT2D eigenvalue weighted by Gasteiger charge is 2.06. The molecule has 0 radical (unpaired) electrons. The van der Waals surface area contributed by atoms with Crippen molar-refractivity contribution in [3.8, 4) is 11.1 Å². The van der Waals surface area contributed by atoms with Crippen LogP contribution in [-0.2, 0) is 11.3 Å². The normalized spacial score (nSPS) is 10.9. The first kappa shape index (κ1) is 13.0. The van der Waals surface area contributed by atoms with E-state index >= 15 is 0 Å². The molecule has 1 N–H and O–H groups in total. The van der Waals surface area contributed by atoms with Gasteiger partial charge < -0.3 is 10.1 Å². The zero-order valence-corrected chi connectivity index (χ0v) is 12.1. The SMILES string of the molecule is CNc1nc2ccc(-c3cnc(COC)nc3)cc2s1. The number of aromatic nitrogens is 3. The minimum atomic E-state index is 0.430. The van der Waals surface area contributed by atoms with Crippen LogP contribution in [0.1, 0.15) is 5.82 Å². The molecule has 0 amide bonds. The number of rotatable bonds is 4. The highest BCUT2D eigenvalue weighted by molar-refractivity contribution is 7.22. The van der Waals surface area contributed by atoms with Gasteiger partial charge in [0.15, 0.2) is 11.0 Å². The Kier molecular flexibility index (Phi) is 3.58. The van der Waals surface area contributed by atoms with E-state index in [2.05, 4.69) is 26.3 Å². The second-order valence-electron chi connectivity index (χ2n) is 4.27. The maximum absolute atomic E-state index is 5.01. The molecule has 0 spiro atoms. The molecule has 0 saturated heterocycles. The van der Waals surface area contributed by atoms with Crippen LogP contribution in [0.5, 0.6) is 0 Å². The van der Waals surface area contributed by atoms with E-state index in [9.17, 15) is 0 Å². The summed E-state index contributed by atoms with van der Waals surface area (Å²) in [6.45, 7) is 0.430. The fourth-order valence-corrected chi connectivity index (χ4v) is 2.78. The lowest BCUT2D eigenvalue weighted by molar-refractivity contribution is 0.178. The molecule has 0 atom stereocenters. The molecule has 5 nitrogen and oxygen atoms in total. The van der Waals surface area contributed by atoms with Gasteiger partial charge in [0.05, 0.1) is 10.2 Å². The van der Waals surface area contributed by atoms with Crippen molar-refractivity contribution in [3.05, 3.63) is 36.4 Å². The molecule has 0 bridgehead atoms. The van der Waals surface area contributed by atoms with Crippen LogP contribution in [-0.4, -0.2) is 29.1 Å². The van der Waals surface area contributed by atoms with Gasteiger partial charge in [-0.15, -0.1) is 0 Å². The molecule has 3 aromatic rings. The molecule has 2 aromatic heterocycles. The van der Waals surface area contributed by atoms with Gasteiger partial charge in [-0.1, -0.05) is 17.4 Å². The lowest BCUT2D eigenvalue weighted by Crippen LogP contribution is -1.96. The van der Waals surface area contributed by atoms with Gasteiger partial charge in [-0.25, -0.2) is 15.0 Å². The number of hydrogen-bond acceptors (Lipinski definition) is 6. The molecular weight excluding hydrogens is 272 g/mol. The average molecular weight is 286 g/mol. The average Bonchev–Trinajstić information content (AvgIpc) is 2.90. The molecule has 0 unspecified atom stereocenters. The van der Waals surface area contributed by atoms with Crippen molar-refractivity contribution in [3.63, 3.8) is 0 Å². The van der Waals surface area contributed by atoms with Crippen molar-refractivity contribution in [1.29, 1.82) is 0 Å². The van der Waals surface area contributed by atoms with Crippen LogP contribution >= 0.6 is 11.3 Å². The molecule has 102 valence electrons. The van der Waals surface area contributed by atoms with E-state index in [1.165, 1.54) is 0 Å². The summed E-state index contributed by atoms with van der Waals surface area (Å²) in [7, 11) is 3.51. The number of benzene rings is 1. The van der Waals surface area contributed by atoms with Gasteiger partial charge in [0.2, 0.25) is 0 Å². The Morgan fingerprint density at radius 1 is 1.20 bits per heavy atom. The van der Waals surface area contributed by atoms with Gasteiger partial charge in [-0.3, -0.25) is 0 Å². The van der Waals surface area contributed by atoms with Crippen LogP contribution in [0, 0.1) is 0 Å². The quantitative estimate of drug-likeness (QED) is 0.799. The molecule has 0 aliphatic rings. The van der Waals surface area contributed by atoms with Crippen molar-refractivity contribution in [1.82, 2.24) is 15.0 Å². The van der Waals surface area contributed by atoms with Gasteiger partial charge in [-0.05, 0) is 17.7 Å². The largest absolute Gasteiger partial charge is 0.377 e. The first-order valence-electron chi connectivity index (χ1n) is 6.18. The maximum Gasteiger partial charge on any atom is 0.183 e. The number of fused-ring (bicyclic) bond motifs is 1. The fourth-order valence-electron chi connectivity index (χ4n) is 1.92. The number of nitrogens with one attached hydrogen (secondary N) is 1. The second-order valence-corrected chi connectivity index (χ2v) is 5.30. The highest BCUT2D eigenvalue weighted by atomic mass is 32.1. The van der Waals surface area contributed by atoms with Gasteiger partial charge in [0.25, 0.3) is 0 Å². The summed E-state index contributed by atoms with van der Waals surface area (Å²) in [5.74, 6) is 0.688. The van der Waals surface area contributed by atoms with Crippen molar-refractivity contribution in [2.24, 2.45) is 0 Å². The van der Waals surface area contributed by atoms with Crippen molar-refractivity contribution in [2.75, 3.05) is 19.5 Å². The van der Waals surface area contributed by atoms with Crippen LogP contribution in [0.2, 0.25) is 0 Å². The van der Waals surface area contributed by atoms with Crippen molar-refractivity contribution >= 4 is 26.7 Å². The molecule has 6 heteroatoms. The van der Waals surface area contributed by atoms with Crippen LogP contribution in [0.3, 0.4) is 0 Å². The third kappa shape index (κ3) is 2.48. The Bertz CT molecular complexity index is 724. The number of hydrogen-bond donors (Lipinski definition) is 1. The molecule has 0 aliphatic heterocycles. The highest BCUT2D eigenvalue weighted by Crippen LogP contribution is 2.29. The summed E-state index contributed by atoms with van der Waals surface area (Å²) in [6, 6.07) is 6.17. The summed E-state index contributed by atoms with van der Waals surface area (Å²) in [5.41, 5.74) is 3.08. The third-order valence-corrected chi connectivity index (χ3v) is 3.95. The summed E-state index contributed by atoms with van der Waals surface area (Å²) in [6.07, 6.45) is 3.64. The van der Waals surface area contributed by atoms with Gasteiger partial charge in [-0.2, -0.15) is 0 Å². The predicted octanol–water partition coefficient (Wildman–Crippen LogP) is 2.94. The Hall–Kier alpha value is -2.05. The first-order chi connectivity index (χ1) is 9.80. The standard InChI is InChI=1S/C14H14N4OS/c1-15-14-18-11-4-3-9(5-12(11)20-14)10-6-16-13(8-19-2)17-7-10/h3-7H,8H2,1-2H3,(H,15,18). The van der Waals surface area contributed by atoms with Gasteiger partial charge in [0, 0.05) is 32.1 Å². The van der Waals surface area contributed by atoms with E-state index < -0.39 is 0 Å². The predicted molar refractivity (Wildman–Crippen MR) is 80.9 cm³/mol. The number of thiazole rings is 1. The minimum absolute atomic E-state index is 0.430. The van der Waals surface area contributed by atoms with E-state index in [0.717, 1.165) is 26.5 Å². The molecule has 0 saturated carbocycles. The zero-order chi connectivity index (χ0) is 13.9. The summed E-state index contributed by atoms with van der Waals surface area (Å²) < 4.78 is 6.15. The van der Waals surface area contributed by atoms with Crippen LogP contribution in [0.4, 0.5) is 5.13 Å². The van der Waals surface area contributed by atoms with E-state index in [1.807, 2.05) is 31.6 Å². The molecular formula is C14H14N4OS. The van der Waals surface area contributed by atoms with E-state index in [0.29, 0.717) is 12.4 Å². The lowest BCUT2D eigenvalue weighted by Gasteiger charge is -2.02. The smallest absolute Gasteiger partial charge is 0.183 e. The van der Waals surface area contributed by atoms with Crippen LogP contribution < -0.4 is 5.32 Å². The van der Waals surface area contributed by atoms with Gasteiger partial charge in [0.1, 0.15) is 6.61 Å². The number of methoxy groups -OCH3 is 1. The topological polar surface area (TPSA) is 59.9 Å². The number of anilines is 1. The fraction of sp³-hybridized carbons (Fsp3) is 0.214. The summed E-state index contributed by atoms with van der Waals surface area (Å²) in [5, 5.41) is 3.99. The second kappa shape index (κ2) is 5.52. The van der Waals surface area contributed by atoms with Gasteiger partial charge >= 0.3 is 0 Å². The summed E-state index contributed by atoms with van der Waals surface area (Å²) in [4.78, 5) is 13.0. The number of nitrogens with zero attached hydrogens (tertiary/aromatic N) is 3. The van der Waals surface area contributed by atoms with Crippen LogP contribution in [0.25, 0.3) is 21.3 Å².